The summed E-state index contributed by atoms with van der Waals surface area (Å²) in [6.45, 7) is 1.53. The first-order chi connectivity index (χ1) is 14.0. The van der Waals surface area contributed by atoms with Crippen molar-refractivity contribution in [3.63, 3.8) is 0 Å². The molecule has 2 unspecified atom stereocenters. The normalized spacial score (nSPS) is 32.2. The number of aromatic nitrogens is 2. The number of rotatable bonds is 5. The lowest BCUT2D eigenvalue weighted by Crippen LogP contribution is -2.64. The van der Waals surface area contributed by atoms with E-state index in [0.717, 1.165) is 37.7 Å². The summed E-state index contributed by atoms with van der Waals surface area (Å²) in [6.07, 6.45) is 5.47. The smallest absolute Gasteiger partial charge is 0.312 e. The fourth-order valence-electron chi connectivity index (χ4n) is 6.32. The van der Waals surface area contributed by atoms with E-state index in [-0.39, 0.29) is 24.0 Å². The number of nitrogens with one attached hydrogen (secondary N) is 1. The van der Waals surface area contributed by atoms with Crippen LogP contribution < -0.4 is 5.32 Å². The van der Waals surface area contributed by atoms with Gasteiger partial charge in [-0.15, -0.1) is 0 Å². The Hall–Kier alpha value is -2.70. The van der Waals surface area contributed by atoms with Crippen LogP contribution in [0.3, 0.4) is 0 Å². The van der Waals surface area contributed by atoms with Gasteiger partial charge in [-0.3, -0.25) is 9.59 Å². The Morgan fingerprint density at radius 1 is 1.17 bits per heavy atom. The molecule has 1 N–H and O–H groups in total. The molecule has 0 radical (unpaired) electrons. The molecule has 0 aliphatic heterocycles. The van der Waals surface area contributed by atoms with Crippen molar-refractivity contribution in [1.29, 1.82) is 0 Å². The molecule has 4 atom stereocenters. The molecule has 4 fully saturated rings. The summed E-state index contributed by atoms with van der Waals surface area (Å²) in [7, 11) is 0. The lowest BCUT2D eigenvalue weighted by Gasteiger charge is -2.60. The molecular weight excluding hydrogens is 370 g/mol. The molecule has 1 heterocycles. The van der Waals surface area contributed by atoms with Crippen LogP contribution in [0.1, 0.15) is 51.3 Å². The van der Waals surface area contributed by atoms with Crippen molar-refractivity contribution >= 4 is 11.9 Å². The molecule has 0 saturated heterocycles. The number of carbonyl (C=O) groups is 2. The van der Waals surface area contributed by atoms with Crippen molar-refractivity contribution in [3.8, 4) is 11.4 Å². The largest absolute Gasteiger partial charge is 0.455 e. The summed E-state index contributed by atoms with van der Waals surface area (Å²) in [5, 5.41) is 7.15. The Kier molecular flexibility index (Phi) is 4.22. The lowest BCUT2D eigenvalue weighted by molar-refractivity contribution is -0.178. The number of benzene rings is 1. The number of hydrogen-bond donors (Lipinski definition) is 1. The van der Waals surface area contributed by atoms with Crippen LogP contribution in [0.2, 0.25) is 0 Å². The van der Waals surface area contributed by atoms with Gasteiger partial charge in [-0.1, -0.05) is 35.5 Å². The molecule has 152 valence electrons. The number of amides is 1. The van der Waals surface area contributed by atoms with Crippen LogP contribution in [-0.4, -0.2) is 27.6 Å². The van der Waals surface area contributed by atoms with Gasteiger partial charge in [0.05, 0.1) is 5.41 Å². The number of esters is 1. The molecule has 1 aromatic carbocycles. The average Bonchev–Trinajstić information content (AvgIpc) is 3.14. The first kappa shape index (κ1) is 18.3. The van der Waals surface area contributed by atoms with Crippen molar-refractivity contribution in [2.24, 2.45) is 17.3 Å². The van der Waals surface area contributed by atoms with Crippen LogP contribution in [0.4, 0.5) is 0 Å². The summed E-state index contributed by atoms with van der Waals surface area (Å²) in [5.41, 5.74) is 0.0986. The molecule has 1 aromatic heterocycles. The van der Waals surface area contributed by atoms with Crippen molar-refractivity contribution < 1.29 is 18.8 Å². The Morgan fingerprint density at radius 2 is 1.90 bits per heavy atom. The van der Waals surface area contributed by atoms with Crippen molar-refractivity contribution in [1.82, 2.24) is 15.5 Å². The molecule has 2 aromatic rings. The van der Waals surface area contributed by atoms with Gasteiger partial charge < -0.3 is 14.6 Å². The van der Waals surface area contributed by atoms with E-state index in [2.05, 4.69) is 15.5 Å². The molecule has 4 bridgehead atoms. The van der Waals surface area contributed by atoms with Gasteiger partial charge in [0.15, 0.2) is 6.61 Å². The Bertz CT molecular complexity index is 925. The summed E-state index contributed by atoms with van der Waals surface area (Å²) in [6, 6.07) is 9.53. The van der Waals surface area contributed by atoms with Gasteiger partial charge in [0.25, 0.3) is 5.89 Å². The van der Waals surface area contributed by atoms with Crippen LogP contribution in [0, 0.1) is 17.3 Å². The van der Waals surface area contributed by atoms with Gasteiger partial charge in [-0.2, -0.15) is 4.98 Å². The standard InChI is InChI=1S/C22H25N3O4/c1-14(26)24-22-10-15-7-16(11-22)9-21(8-15,13-22)20(27)28-12-18-23-19(25-29-18)17-5-3-2-4-6-17/h2-6,15-16H,7-13H2,1H3,(H,24,26)/t15-,16+,21?,22?. The monoisotopic (exact) mass is 395 g/mol. The molecule has 4 aliphatic rings. The zero-order valence-electron chi connectivity index (χ0n) is 16.5. The average molecular weight is 395 g/mol. The van der Waals surface area contributed by atoms with E-state index in [1.807, 2.05) is 30.3 Å². The first-order valence-corrected chi connectivity index (χ1v) is 10.3. The number of carbonyl (C=O) groups excluding carboxylic acids is 2. The van der Waals surface area contributed by atoms with E-state index in [4.69, 9.17) is 9.26 Å². The minimum Gasteiger partial charge on any atom is -0.455 e. The third-order valence-electron chi connectivity index (χ3n) is 6.76. The maximum Gasteiger partial charge on any atom is 0.312 e. The quantitative estimate of drug-likeness (QED) is 0.781. The van der Waals surface area contributed by atoms with Crippen LogP contribution in [0.5, 0.6) is 0 Å². The number of nitrogens with zero attached hydrogens (tertiary/aromatic N) is 2. The maximum absolute atomic E-state index is 13.2. The summed E-state index contributed by atoms with van der Waals surface area (Å²) >= 11 is 0. The Morgan fingerprint density at radius 3 is 2.59 bits per heavy atom. The maximum atomic E-state index is 13.2. The van der Waals surface area contributed by atoms with Gasteiger partial charge >= 0.3 is 5.97 Å². The summed E-state index contributed by atoms with van der Waals surface area (Å²) in [5.74, 6) is 1.51. The van der Waals surface area contributed by atoms with Crippen LogP contribution in [0.15, 0.2) is 34.9 Å². The third-order valence-corrected chi connectivity index (χ3v) is 6.76. The molecule has 29 heavy (non-hydrogen) atoms. The highest BCUT2D eigenvalue weighted by Crippen LogP contribution is 2.62. The third kappa shape index (κ3) is 3.32. The molecule has 7 nitrogen and oxygen atoms in total. The second-order valence-electron chi connectivity index (χ2n) is 9.16. The van der Waals surface area contributed by atoms with E-state index in [1.54, 1.807) is 6.92 Å². The highest BCUT2D eigenvalue weighted by molar-refractivity contribution is 5.79. The predicted octanol–water partition coefficient (Wildman–Crippen LogP) is 3.25. The minimum absolute atomic E-state index is 0.0187. The van der Waals surface area contributed by atoms with E-state index >= 15 is 0 Å². The van der Waals surface area contributed by atoms with Crippen molar-refractivity contribution in [2.45, 2.75) is 57.6 Å². The second-order valence-corrected chi connectivity index (χ2v) is 9.16. The van der Waals surface area contributed by atoms with Crippen LogP contribution >= 0.6 is 0 Å². The highest BCUT2D eigenvalue weighted by Gasteiger charge is 2.61. The van der Waals surface area contributed by atoms with Gasteiger partial charge in [-0.05, 0) is 50.4 Å². The molecule has 4 saturated carbocycles. The second kappa shape index (κ2) is 6.68. The zero-order valence-corrected chi connectivity index (χ0v) is 16.5. The Balaban J connectivity index is 1.29. The van der Waals surface area contributed by atoms with Crippen molar-refractivity contribution in [3.05, 3.63) is 36.2 Å². The highest BCUT2D eigenvalue weighted by atomic mass is 16.6. The Labute approximate surface area is 169 Å². The summed E-state index contributed by atoms with van der Waals surface area (Å²) < 4.78 is 10.9. The van der Waals surface area contributed by atoms with E-state index in [0.29, 0.717) is 30.0 Å². The minimum atomic E-state index is -0.505. The first-order valence-electron chi connectivity index (χ1n) is 10.3. The van der Waals surface area contributed by atoms with Gasteiger partial charge in [0, 0.05) is 18.0 Å². The van der Waals surface area contributed by atoms with Crippen LogP contribution in [-0.2, 0) is 20.9 Å². The van der Waals surface area contributed by atoms with Gasteiger partial charge in [0.2, 0.25) is 11.7 Å². The fraction of sp³-hybridized carbons (Fsp3) is 0.545. The molecular formula is C22H25N3O4. The van der Waals surface area contributed by atoms with Crippen molar-refractivity contribution in [2.75, 3.05) is 0 Å². The number of ether oxygens (including phenoxy) is 1. The fourth-order valence-corrected chi connectivity index (χ4v) is 6.32. The lowest BCUT2D eigenvalue weighted by atomic mass is 9.47. The van der Waals surface area contributed by atoms with Crippen LogP contribution in [0.25, 0.3) is 11.4 Å². The molecule has 0 spiro atoms. The van der Waals surface area contributed by atoms with Gasteiger partial charge in [0.1, 0.15) is 0 Å². The van der Waals surface area contributed by atoms with E-state index in [1.165, 1.54) is 0 Å². The molecule has 4 aliphatic carbocycles. The van der Waals surface area contributed by atoms with Gasteiger partial charge in [-0.25, -0.2) is 0 Å². The SMILES string of the molecule is CC(=O)NC12C[C@H]3C[C@@H](C1)CC(C(=O)OCc1nc(-c4ccccc4)no1)(C3)C2. The topological polar surface area (TPSA) is 94.3 Å². The predicted molar refractivity (Wildman–Crippen MR) is 103 cm³/mol. The van der Waals surface area contributed by atoms with E-state index in [9.17, 15) is 9.59 Å². The zero-order chi connectivity index (χ0) is 20.1. The van der Waals surface area contributed by atoms with E-state index < -0.39 is 5.41 Å². The molecule has 1 amide bonds. The number of hydrogen-bond acceptors (Lipinski definition) is 6. The molecule has 7 heteroatoms. The molecule has 6 rings (SSSR count). The summed E-state index contributed by atoms with van der Waals surface area (Å²) in [4.78, 5) is 29.3.